The summed E-state index contributed by atoms with van der Waals surface area (Å²) in [7, 11) is 0. The van der Waals surface area contributed by atoms with Crippen molar-refractivity contribution >= 4 is 15.9 Å². The maximum Gasteiger partial charge on any atom is 0.142 e. The van der Waals surface area contributed by atoms with Crippen molar-refractivity contribution in [1.29, 1.82) is 0 Å². The fourth-order valence-electron chi connectivity index (χ4n) is 2.99. The van der Waals surface area contributed by atoms with Crippen LogP contribution < -0.4 is 10.2 Å². The first-order chi connectivity index (χ1) is 10.3. The Hall–Kier alpha value is -1.78. The molecule has 0 aromatic heterocycles. The molecule has 4 heteroatoms. The number of para-hydroxylation sites is 1. The molecule has 2 aromatic carbocycles. The quantitative estimate of drug-likeness (QED) is 0.820. The maximum atomic E-state index is 5.89. The van der Waals surface area contributed by atoms with E-state index in [2.05, 4.69) is 39.6 Å². The van der Waals surface area contributed by atoms with Gasteiger partial charge in [-0.05, 0) is 70.2 Å². The van der Waals surface area contributed by atoms with E-state index in [4.69, 9.17) is 9.57 Å². The minimum absolute atomic E-state index is 0.334. The van der Waals surface area contributed by atoms with E-state index in [1.54, 1.807) is 0 Å². The molecule has 1 aliphatic carbocycles. The Bertz CT molecular complexity index is 714. The van der Waals surface area contributed by atoms with E-state index >= 15 is 0 Å². The lowest BCUT2D eigenvalue weighted by atomic mass is 9.96. The molecule has 0 fully saturated rings. The SMILES string of the molecule is BrC1=CC2(CCc3cc(Oc4ccccc4)ccc32)ON1. The monoisotopic (exact) mass is 343 g/mol. The third kappa shape index (κ3) is 2.24. The lowest BCUT2D eigenvalue weighted by Gasteiger charge is -2.20. The molecule has 0 saturated heterocycles. The summed E-state index contributed by atoms with van der Waals surface area (Å²) in [6, 6.07) is 16.1. The van der Waals surface area contributed by atoms with Gasteiger partial charge in [0.25, 0.3) is 0 Å². The summed E-state index contributed by atoms with van der Waals surface area (Å²) in [4.78, 5) is 5.77. The molecule has 1 unspecified atom stereocenters. The normalized spacial score (nSPS) is 22.8. The van der Waals surface area contributed by atoms with Crippen molar-refractivity contribution in [3.63, 3.8) is 0 Å². The van der Waals surface area contributed by atoms with Crippen LogP contribution in [0, 0.1) is 0 Å². The zero-order valence-corrected chi connectivity index (χ0v) is 12.9. The third-order valence-electron chi connectivity index (χ3n) is 3.97. The van der Waals surface area contributed by atoms with E-state index in [1.807, 2.05) is 36.4 Å². The summed E-state index contributed by atoms with van der Waals surface area (Å²) in [6.45, 7) is 0. The molecule has 0 bridgehead atoms. The smallest absolute Gasteiger partial charge is 0.142 e. The Morgan fingerprint density at radius 1 is 1.10 bits per heavy atom. The van der Waals surface area contributed by atoms with Gasteiger partial charge in [0.15, 0.2) is 0 Å². The standard InChI is InChI=1S/C17H14BrNO2/c18-16-11-17(21-19-16)9-8-12-10-14(6-7-15(12)17)20-13-4-2-1-3-5-13/h1-7,10-11,19H,8-9H2. The molecule has 21 heavy (non-hydrogen) atoms. The molecular formula is C17H14BrNO2. The van der Waals surface area contributed by atoms with Crippen LogP contribution in [0.3, 0.4) is 0 Å². The highest BCUT2D eigenvalue weighted by Gasteiger charge is 2.42. The first-order valence-corrected chi connectivity index (χ1v) is 7.73. The number of rotatable bonds is 2. The van der Waals surface area contributed by atoms with E-state index in [9.17, 15) is 0 Å². The van der Waals surface area contributed by atoms with Crippen molar-refractivity contribution in [2.75, 3.05) is 0 Å². The van der Waals surface area contributed by atoms with Gasteiger partial charge < -0.3 is 4.74 Å². The van der Waals surface area contributed by atoms with Crippen LogP contribution in [0.4, 0.5) is 0 Å². The summed E-state index contributed by atoms with van der Waals surface area (Å²) < 4.78 is 6.78. The first-order valence-electron chi connectivity index (χ1n) is 6.94. The van der Waals surface area contributed by atoms with Crippen LogP contribution >= 0.6 is 15.9 Å². The fraction of sp³-hybridized carbons (Fsp3) is 0.176. The summed E-state index contributed by atoms with van der Waals surface area (Å²) in [5.74, 6) is 1.72. The van der Waals surface area contributed by atoms with Crippen LogP contribution in [0.2, 0.25) is 0 Å². The minimum Gasteiger partial charge on any atom is -0.457 e. The van der Waals surface area contributed by atoms with Gasteiger partial charge in [0.05, 0.1) is 0 Å². The Kier molecular flexibility index (Phi) is 3.01. The molecular weight excluding hydrogens is 330 g/mol. The number of hydrogen-bond acceptors (Lipinski definition) is 3. The summed E-state index contributed by atoms with van der Waals surface area (Å²) in [5, 5.41) is 0. The number of aryl methyl sites for hydroxylation is 1. The zero-order valence-electron chi connectivity index (χ0n) is 11.3. The molecule has 4 rings (SSSR count). The summed E-state index contributed by atoms with van der Waals surface area (Å²) >= 11 is 3.43. The number of halogens is 1. The molecule has 1 N–H and O–H groups in total. The van der Waals surface area contributed by atoms with Crippen LogP contribution in [-0.2, 0) is 16.9 Å². The Balaban J connectivity index is 1.65. The fourth-order valence-corrected chi connectivity index (χ4v) is 3.44. The second-order valence-electron chi connectivity index (χ2n) is 5.32. The predicted octanol–water partition coefficient (Wildman–Crippen LogP) is 4.39. The molecule has 0 radical (unpaired) electrons. The van der Waals surface area contributed by atoms with Crippen LogP contribution in [0.5, 0.6) is 11.5 Å². The minimum atomic E-state index is -0.334. The summed E-state index contributed by atoms with van der Waals surface area (Å²) in [5.41, 5.74) is 5.05. The maximum absolute atomic E-state index is 5.89. The zero-order chi connectivity index (χ0) is 14.3. The number of benzene rings is 2. The van der Waals surface area contributed by atoms with Gasteiger partial charge in [-0.25, -0.2) is 0 Å². The van der Waals surface area contributed by atoms with E-state index < -0.39 is 0 Å². The van der Waals surface area contributed by atoms with E-state index in [1.165, 1.54) is 11.1 Å². The molecule has 2 aliphatic rings. The highest BCUT2D eigenvalue weighted by Crippen LogP contribution is 2.45. The molecule has 3 nitrogen and oxygen atoms in total. The van der Waals surface area contributed by atoms with Gasteiger partial charge in [0.2, 0.25) is 0 Å². The third-order valence-corrected chi connectivity index (χ3v) is 4.36. The van der Waals surface area contributed by atoms with Crippen molar-refractivity contribution in [3.05, 3.63) is 70.3 Å². The Labute approximate surface area is 131 Å². The Morgan fingerprint density at radius 3 is 2.71 bits per heavy atom. The second kappa shape index (κ2) is 4.90. The first kappa shape index (κ1) is 12.9. The number of ether oxygens (including phenoxy) is 1. The van der Waals surface area contributed by atoms with Gasteiger partial charge in [-0.3, -0.25) is 10.3 Å². The average Bonchev–Trinajstić information content (AvgIpc) is 3.05. The molecule has 106 valence electrons. The van der Waals surface area contributed by atoms with Crippen molar-refractivity contribution in [2.24, 2.45) is 0 Å². The molecule has 1 atom stereocenters. The van der Waals surface area contributed by atoms with Crippen molar-refractivity contribution in [2.45, 2.75) is 18.4 Å². The highest BCUT2D eigenvalue weighted by atomic mass is 79.9. The van der Waals surface area contributed by atoms with Gasteiger partial charge in [-0.2, -0.15) is 0 Å². The van der Waals surface area contributed by atoms with E-state index in [0.717, 1.165) is 28.9 Å². The number of hydrogen-bond donors (Lipinski definition) is 1. The van der Waals surface area contributed by atoms with Gasteiger partial charge in [0, 0.05) is 0 Å². The van der Waals surface area contributed by atoms with Gasteiger partial charge in [-0.1, -0.05) is 24.3 Å². The molecule has 1 heterocycles. The van der Waals surface area contributed by atoms with Gasteiger partial charge in [-0.15, -0.1) is 0 Å². The lowest BCUT2D eigenvalue weighted by Crippen LogP contribution is -2.23. The highest BCUT2D eigenvalue weighted by molar-refractivity contribution is 9.11. The van der Waals surface area contributed by atoms with Crippen molar-refractivity contribution in [1.82, 2.24) is 5.48 Å². The molecule has 2 aromatic rings. The molecule has 1 aliphatic heterocycles. The second-order valence-corrected chi connectivity index (χ2v) is 6.17. The van der Waals surface area contributed by atoms with Crippen LogP contribution in [0.1, 0.15) is 17.5 Å². The van der Waals surface area contributed by atoms with Crippen molar-refractivity contribution in [3.8, 4) is 11.5 Å². The molecule has 0 saturated carbocycles. The predicted molar refractivity (Wildman–Crippen MR) is 84.2 cm³/mol. The van der Waals surface area contributed by atoms with Crippen LogP contribution in [0.25, 0.3) is 0 Å². The van der Waals surface area contributed by atoms with Gasteiger partial charge in [0.1, 0.15) is 21.7 Å². The largest absolute Gasteiger partial charge is 0.457 e. The van der Waals surface area contributed by atoms with E-state index in [-0.39, 0.29) is 5.60 Å². The van der Waals surface area contributed by atoms with Gasteiger partial charge >= 0.3 is 0 Å². The topological polar surface area (TPSA) is 30.5 Å². The average molecular weight is 344 g/mol. The lowest BCUT2D eigenvalue weighted by molar-refractivity contribution is -0.0402. The Morgan fingerprint density at radius 2 is 1.95 bits per heavy atom. The van der Waals surface area contributed by atoms with Crippen LogP contribution in [-0.4, -0.2) is 0 Å². The number of nitrogens with one attached hydrogen (secondary N) is 1. The molecule has 1 spiro atoms. The number of hydroxylamine groups is 1. The van der Waals surface area contributed by atoms with Crippen LogP contribution in [0.15, 0.2) is 59.2 Å². The molecule has 0 amide bonds. The van der Waals surface area contributed by atoms with Crippen molar-refractivity contribution < 1.29 is 9.57 Å². The number of fused-ring (bicyclic) bond motifs is 2. The van der Waals surface area contributed by atoms with E-state index in [0.29, 0.717) is 0 Å². The summed E-state index contributed by atoms with van der Waals surface area (Å²) in [6.07, 6.45) is 4.02.